The summed E-state index contributed by atoms with van der Waals surface area (Å²) in [6.45, 7) is -0.844. The molecule has 0 heterocycles. The molecule has 35 heavy (non-hydrogen) atoms. The molecule has 4 N–H and O–H groups in total. The Morgan fingerprint density at radius 3 is 2.06 bits per heavy atom. The number of primary amides is 1. The van der Waals surface area contributed by atoms with Crippen LogP contribution in [-0.4, -0.2) is 29.6 Å². The molecular weight excluding hydrogens is 486 g/mol. The van der Waals surface area contributed by atoms with E-state index in [4.69, 9.17) is 15.2 Å². The number of amides is 2. The molecule has 2 amide bonds. The minimum absolute atomic E-state index is 0. The molecule has 3 rings (SSSR count). The summed E-state index contributed by atoms with van der Waals surface area (Å²) in [7, 11) is 1.42. The van der Waals surface area contributed by atoms with Crippen LogP contribution in [0.1, 0.15) is 45.8 Å². The summed E-state index contributed by atoms with van der Waals surface area (Å²) in [4.78, 5) is 24.6. The van der Waals surface area contributed by atoms with Crippen LogP contribution in [0.15, 0.2) is 36.4 Å². The number of hydrogen-bond acceptors (Lipinski definition) is 4. The van der Waals surface area contributed by atoms with Crippen LogP contribution < -0.4 is 5.73 Å². The Morgan fingerprint density at radius 2 is 1.51 bits per heavy atom. The fourth-order valence-electron chi connectivity index (χ4n) is 3.75. The highest BCUT2D eigenvalue weighted by atomic mass is 19.4. The van der Waals surface area contributed by atoms with Crippen LogP contribution in [0.25, 0.3) is 0 Å². The summed E-state index contributed by atoms with van der Waals surface area (Å²) < 4.78 is 87.9. The number of nitrogens with zero attached hydrogens (tertiary/aromatic N) is 1. The third-order valence-electron chi connectivity index (χ3n) is 5.40. The third kappa shape index (κ3) is 6.78. The number of hydrogen-bond donors (Lipinski definition) is 1. The Labute approximate surface area is 195 Å². The average Bonchev–Trinajstić information content (AvgIpc) is 3.17. The van der Waals surface area contributed by atoms with E-state index in [0.29, 0.717) is 30.5 Å². The minimum atomic E-state index is -5.00. The van der Waals surface area contributed by atoms with Crippen molar-refractivity contribution in [2.24, 2.45) is 5.73 Å². The number of carbonyl (C=O) groups is 2. The molecule has 7 nitrogen and oxygen atoms in total. The van der Waals surface area contributed by atoms with Gasteiger partial charge in [-0.15, -0.1) is 0 Å². The number of aryl methyl sites for hydroxylation is 1. The van der Waals surface area contributed by atoms with Gasteiger partial charge in [0.1, 0.15) is 13.2 Å². The lowest BCUT2D eigenvalue weighted by molar-refractivity contribution is -0.143. The Balaban J connectivity index is 0.00000432. The van der Waals surface area contributed by atoms with Crippen LogP contribution in [0.2, 0.25) is 0 Å². The molecule has 0 bridgehead atoms. The van der Waals surface area contributed by atoms with E-state index >= 15 is 0 Å². The van der Waals surface area contributed by atoms with Gasteiger partial charge in [-0.25, -0.2) is 9.59 Å². The van der Waals surface area contributed by atoms with E-state index in [-0.39, 0.29) is 18.1 Å². The lowest BCUT2D eigenvalue weighted by Crippen LogP contribution is -2.30. The van der Waals surface area contributed by atoms with Gasteiger partial charge in [0.2, 0.25) is 0 Å². The number of rotatable bonds is 5. The van der Waals surface area contributed by atoms with Gasteiger partial charge in [-0.1, -0.05) is 18.2 Å². The van der Waals surface area contributed by atoms with Crippen LogP contribution in [0.3, 0.4) is 0 Å². The molecule has 1 aliphatic rings. The monoisotopic (exact) mass is 508 g/mol. The number of ether oxygens (including phenoxy) is 2. The average molecular weight is 508 g/mol. The van der Waals surface area contributed by atoms with E-state index in [1.54, 1.807) is 12.1 Å². The summed E-state index contributed by atoms with van der Waals surface area (Å²) in [5.74, 6) is 0. The molecular formula is C22H22F6N2O5. The van der Waals surface area contributed by atoms with Crippen LogP contribution >= 0.6 is 0 Å². The summed E-state index contributed by atoms with van der Waals surface area (Å²) >= 11 is 0. The number of alkyl halides is 6. The zero-order valence-corrected chi connectivity index (χ0v) is 18.3. The van der Waals surface area contributed by atoms with Gasteiger partial charge in [-0.2, -0.15) is 26.3 Å². The van der Waals surface area contributed by atoms with Gasteiger partial charge in [-0.3, -0.25) is 0 Å². The van der Waals surface area contributed by atoms with E-state index < -0.39 is 53.9 Å². The molecule has 0 radical (unpaired) electrons. The van der Waals surface area contributed by atoms with Crippen molar-refractivity contribution in [1.29, 1.82) is 0 Å². The molecule has 0 spiro atoms. The van der Waals surface area contributed by atoms with Gasteiger partial charge in [-0.05, 0) is 53.3 Å². The number of halogens is 6. The first-order valence-corrected chi connectivity index (χ1v) is 9.97. The molecule has 2 aromatic carbocycles. The van der Waals surface area contributed by atoms with Crippen LogP contribution in [0, 0.1) is 0 Å². The Hall–Kier alpha value is -3.48. The third-order valence-corrected chi connectivity index (χ3v) is 5.40. The zero-order valence-electron chi connectivity index (χ0n) is 18.3. The molecule has 0 aliphatic heterocycles. The van der Waals surface area contributed by atoms with E-state index in [0.717, 1.165) is 11.1 Å². The fourth-order valence-corrected chi connectivity index (χ4v) is 3.75. The summed E-state index contributed by atoms with van der Waals surface area (Å²) in [6.07, 6.45) is -10.7. The summed E-state index contributed by atoms with van der Waals surface area (Å²) in [5, 5.41) is 0. The van der Waals surface area contributed by atoms with Gasteiger partial charge in [0, 0.05) is 7.05 Å². The Morgan fingerprint density at radius 1 is 0.943 bits per heavy atom. The summed E-state index contributed by atoms with van der Waals surface area (Å²) in [5.41, 5.74) is 3.89. The standard InChI is InChI=1S/C22H20F6N2O4.H2O/c1-30(18-5-4-14-3-2-12(8-17(14)18)10-33-19(29)31)20(32)34-11-13-6-15(21(23,24)25)9-16(7-13)22(26,27)28;/h2-3,6-9,18H,4-5,10-11H2,1H3,(H2,29,31);1H2. The molecule has 2 aromatic rings. The highest BCUT2D eigenvalue weighted by molar-refractivity contribution is 5.68. The number of fused-ring (bicyclic) bond motifs is 1. The SMILES string of the molecule is CN(C(=O)OCc1cc(C(F)(F)F)cc(C(F)(F)F)c1)C1CCc2ccc(COC(N)=O)cc21.O. The maximum atomic E-state index is 13.0. The Bertz CT molecular complexity index is 1050. The maximum absolute atomic E-state index is 13.0. The molecule has 0 saturated carbocycles. The normalized spacial score (nSPS) is 15.1. The second kappa shape index (κ2) is 10.4. The van der Waals surface area contributed by atoms with Crippen molar-refractivity contribution >= 4 is 12.2 Å². The fraction of sp³-hybridized carbons (Fsp3) is 0.364. The maximum Gasteiger partial charge on any atom is 0.416 e. The van der Waals surface area contributed by atoms with Crippen molar-refractivity contribution in [1.82, 2.24) is 4.90 Å². The van der Waals surface area contributed by atoms with Gasteiger partial charge < -0.3 is 25.6 Å². The first-order chi connectivity index (χ1) is 15.8. The van der Waals surface area contributed by atoms with Crippen molar-refractivity contribution in [2.75, 3.05) is 7.05 Å². The van der Waals surface area contributed by atoms with Gasteiger partial charge in [0.25, 0.3) is 0 Å². The largest absolute Gasteiger partial charge is 0.445 e. The molecule has 13 heteroatoms. The van der Waals surface area contributed by atoms with Crippen molar-refractivity contribution in [3.8, 4) is 0 Å². The van der Waals surface area contributed by atoms with Gasteiger partial charge >= 0.3 is 24.5 Å². The first kappa shape index (κ1) is 27.8. The van der Waals surface area contributed by atoms with Crippen LogP contribution in [-0.2, 0) is 41.5 Å². The van der Waals surface area contributed by atoms with Crippen molar-refractivity contribution in [3.05, 3.63) is 69.8 Å². The number of carbonyl (C=O) groups excluding carboxylic acids is 2. The van der Waals surface area contributed by atoms with Gasteiger partial charge in [0.15, 0.2) is 0 Å². The topological polar surface area (TPSA) is 113 Å². The highest BCUT2D eigenvalue weighted by Crippen LogP contribution is 2.38. The molecule has 0 fully saturated rings. The van der Waals surface area contributed by atoms with Crippen LogP contribution in [0.4, 0.5) is 35.9 Å². The van der Waals surface area contributed by atoms with E-state index in [1.807, 2.05) is 6.07 Å². The zero-order chi connectivity index (χ0) is 25.3. The van der Waals surface area contributed by atoms with Crippen molar-refractivity contribution < 1.29 is 50.9 Å². The molecule has 1 aliphatic carbocycles. The predicted molar refractivity (Wildman–Crippen MR) is 110 cm³/mol. The number of benzene rings is 2. The van der Waals surface area contributed by atoms with Crippen LogP contribution in [0.5, 0.6) is 0 Å². The highest BCUT2D eigenvalue weighted by Gasteiger charge is 2.37. The molecule has 1 unspecified atom stereocenters. The van der Waals surface area contributed by atoms with E-state index in [2.05, 4.69) is 0 Å². The van der Waals surface area contributed by atoms with E-state index in [1.165, 1.54) is 11.9 Å². The van der Waals surface area contributed by atoms with Crippen molar-refractivity contribution in [3.63, 3.8) is 0 Å². The van der Waals surface area contributed by atoms with Crippen molar-refractivity contribution in [2.45, 2.75) is 44.4 Å². The Kier molecular flexibility index (Phi) is 8.27. The quantitative estimate of drug-likeness (QED) is 0.587. The molecule has 192 valence electrons. The summed E-state index contributed by atoms with van der Waals surface area (Å²) in [6, 6.07) is 5.89. The van der Waals surface area contributed by atoms with E-state index in [9.17, 15) is 35.9 Å². The second-order valence-electron chi connectivity index (χ2n) is 7.77. The predicted octanol–water partition coefficient (Wildman–Crippen LogP) is 4.75. The smallest absolute Gasteiger partial charge is 0.416 e. The molecule has 0 saturated heterocycles. The molecule has 0 aromatic heterocycles. The second-order valence-corrected chi connectivity index (χ2v) is 7.77. The lowest BCUT2D eigenvalue weighted by atomic mass is 10.0. The van der Waals surface area contributed by atoms with Gasteiger partial charge in [0.05, 0.1) is 17.2 Å². The lowest BCUT2D eigenvalue weighted by Gasteiger charge is -2.25. The molecule has 1 atom stereocenters. The minimum Gasteiger partial charge on any atom is -0.445 e. The number of nitrogens with two attached hydrogens (primary N) is 1. The first-order valence-electron chi connectivity index (χ1n) is 9.97.